The van der Waals surface area contributed by atoms with Crippen molar-refractivity contribution < 1.29 is 8.98 Å². The number of hydrogen-bond donors (Lipinski definition) is 0. The summed E-state index contributed by atoms with van der Waals surface area (Å²) in [7, 11) is 2.14. The number of furan rings is 1. The van der Waals surface area contributed by atoms with E-state index in [1.54, 1.807) is 0 Å². The van der Waals surface area contributed by atoms with E-state index in [4.69, 9.17) is 4.42 Å². The Morgan fingerprint density at radius 1 is 0.659 bits per heavy atom. The summed E-state index contributed by atoms with van der Waals surface area (Å²) in [6, 6.07) is 37.1. The Hall–Kier alpha value is -4.89. The standard InChI is InChI=1S/C41H39N2O/c1-26(2)32-14-10-15-33(27(3)4)39(32)43-25-24-42(6)41(43)37-28(5)18-23-35-38-34(16-11-17-36(38)44-40(35)37)31-21-19-30(20-22-31)29-12-8-7-9-13-29/h7-27H,1-6H3/q+1. The Morgan fingerprint density at radius 2 is 1.30 bits per heavy atom. The van der Waals surface area contributed by atoms with E-state index in [1.165, 1.54) is 44.6 Å². The van der Waals surface area contributed by atoms with Crippen LogP contribution in [0, 0.1) is 6.92 Å². The molecule has 7 rings (SSSR count). The van der Waals surface area contributed by atoms with Gasteiger partial charge in [-0.15, -0.1) is 0 Å². The Labute approximate surface area is 260 Å². The first-order valence-electron chi connectivity index (χ1n) is 15.6. The second-order valence-corrected chi connectivity index (χ2v) is 12.6. The molecule has 44 heavy (non-hydrogen) atoms. The van der Waals surface area contributed by atoms with E-state index >= 15 is 0 Å². The van der Waals surface area contributed by atoms with Crippen molar-refractivity contribution in [1.29, 1.82) is 0 Å². The van der Waals surface area contributed by atoms with E-state index in [0.717, 1.165) is 33.3 Å². The van der Waals surface area contributed by atoms with E-state index in [0.29, 0.717) is 11.8 Å². The van der Waals surface area contributed by atoms with Crippen LogP contribution in [-0.2, 0) is 7.05 Å². The molecule has 2 aromatic heterocycles. The van der Waals surface area contributed by atoms with Crippen LogP contribution >= 0.6 is 0 Å². The number of benzene rings is 5. The fourth-order valence-corrected chi connectivity index (χ4v) is 6.72. The van der Waals surface area contributed by atoms with Gasteiger partial charge in [0.05, 0.1) is 7.05 Å². The maximum Gasteiger partial charge on any atom is 0.297 e. The van der Waals surface area contributed by atoms with Gasteiger partial charge in [0.2, 0.25) is 0 Å². The van der Waals surface area contributed by atoms with E-state index < -0.39 is 0 Å². The molecule has 0 amide bonds. The molecule has 0 fully saturated rings. The first-order chi connectivity index (χ1) is 21.3. The van der Waals surface area contributed by atoms with Crippen LogP contribution < -0.4 is 4.57 Å². The van der Waals surface area contributed by atoms with Crippen LogP contribution in [0.1, 0.15) is 56.2 Å². The minimum Gasteiger partial charge on any atom is -0.455 e. The fraction of sp³-hybridized carbons (Fsp3) is 0.195. The molecule has 0 bridgehead atoms. The minimum atomic E-state index is 0.392. The lowest BCUT2D eigenvalue weighted by atomic mass is 9.92. The third kappa shape index (κ3) is 4.55. The van der Waals surface area contributed by atoms with Gasteiger partial charge in [0.1, 0.15) is 29.2 Å². The van der Waals surface area contributed by atoms with Gasteiger partial charge in [-0.25, -0.2) is 4.57 Å². The van der Waals surface area contributed by atoms with Gasteiger partial charge < -0.3 is 4.42 Å². The maximum absolute atomic E-state index is 6.82. The van der Waals surface area contributed by atoms with E-state index in [9.17, 15) is 0 Å². The third-order valence-corrected chi connectivity index (χ3v) is 8.99. The summed E-state index contributed by atoms with van der Waals surface area (Å²) in [5.74, 6) is 1.90. The molecule has 5 aromatic carbocycles. The lowest BCUT2D eigenvalue weighted by molar-refractivity contribution is -0.659. The van der Waals surface area contributed by atoms with Crippen LogP contribution in [-0.4, -0.2) is 4.57 Å². The zero-order valence-corrected chi connectivity index (χ0v) is 26.4. The monoisotopic (exact) mass is 575 g/mol. The number of aromatic nitrogens is 2. The van der Waals surface area contributed by atoms with E-state index in [1.807, 2.05) is 0 Å². The molecular weight excluding hydrogens is 536 g/mol. The highest BCUT2D eigenvalue weighted by Crippen LogP contribution is 2.42. The largest absolute Gasteiger partial charge is 0.455 e. The normalized spacial score (nSPS) is 11.8. The molecule has 0 saturated carbocycles. The van der Waals surface area contributed by atoms with Crippen LogP contribution in [0.2, 0.25) is 0 Å². The number of hydrogen-bond acceptors (Lipinski definition) is 1. The summed E-state index contributed by atoms with van der Waals surface area (Å²) in [5, 5.41) is 2.29. The molecule has 0 unspecified atom stereocenters. The molecule has 0 aliphatic carbocycles. The molecule has 3 nitrogen and oxygen atoms in total. The number of imidazole rings is 1. The molecular formula is C41H39N2O+. The Bertz CT molecular complexity index is 2100. The Kier molecular flexibility index (Phi) is 6.97. The first kappa shape index (κ1) is 27.9. The molecule has 3 heteroatoms. The second kappa shape index (κ2) is 11.0. The number of fused-ring (bicyclic) bond motifs is 3. The van der Waals surface area contributed by atoms with Crippen molar-refractivity contribution in [2.75, 3.05) is 0 Å². The van der Waals surface area contributed by atoms with Crippen LogP contribution in [0.15, 0.2) is 120 Å². The van der Waals surface area contributed by atoms with Crippen LogP contribution in [0.5, 0.6) is 0 Å². The third-order valence-electron chi connectivity index (χ3n) is 8.99. The lowest BCUT2D eigenvalue weighted by Crippen LogP contribution is -2.29. The summed E-state index contributed by atoms with van der Waals surface area (Å²) in [4.78, 5) is 0. The summed E-state index contributed by atoms with van der Waals surface area (Å²) in [6.45, 7) is 11.3. The van der Waals surface area contributed by atoms with E-state index in [2.05, 4.69) is 166 Å². The average Bonchev–Trinajstić information content (AvgIpc) is 3.61. The fourth-order valence-electron chi connectivity index (χ4n) is 6.72. The number of rotatable bonds is 6. The maximum atomic E-state index is 6.82. The van der Waals surface area contributed by atoms with Crippen molar-refractivity contribution in [2.24, 2.45) is 7.05 Å². The van der Waals surface area contributed by atoms with Crippen molar-refractivity contribution in [3.8, 4) is 39.3 Å². The van der Waals surface area contributed by atoms with Gasteiger partial charge >= 0.3 is 0 Å². The summed E-state index contributed by atoms with van der Waals surface area (Å²) in [5.41, 5.74) is 12.9. The van der Waals surface area contributed by atoms with Crippen LogP contribution in [0.3, 0.4) is 0 Å². The van der Waals surface area contributed by atoms with Crippen LogP contribution in [0.25, 0.3) is 61.3 Å². The van der Waals surface area contributed by atoms with Gasteiger partial charge in [-0.1, -0.05) is 125 Å². The number of nitrogens with zero attached hydrogens (tertiary/aromatic N) is 2. The van der Waals surface area contributed by atoms with Gasteiger partial charge in [-0.2, -0.15) is 4.57 Å². The van der Waals surface area contributed by atoms with Crippen molar-refractivity contribution >= 4 is 21.9 Å². The average molecular weight is 576 g/mol. The molecule has 0 spiro atoms. The van der Waals surface area contributed by atoms with Gasteiger partial charge in [0.25, 0.3) is 5.82 Å². The number of para-hydroxylation sites is 1. The molecule has 7 aromatic rings. The molecule has 0 aliphatic heterocycles. The molecule has 0 radical (unpaired) electrons. The van der Waals surface area contributed by atoms with Gasteiger partial charge in [0.15, 0.2) is 5.58 Å². The molecule has 2 heterocycles. The lowest BCUT2D eigenvalue weighted by Gasteiger charge is -2.18. The first-order valence-corrected chi connectivity index (χ1v) is 15.6. The van der Waals surface area contributed by atoms with Gasteiger partial charge in [-0.05, 0) is 52.6 Å². The van der Waals surface area contributed by atoms with Crippen molar-refractivity contribution in [3.63, 3.8) is 0 Å². The zero-order chi connectivity index (χ0) is 30.5. The van der Waals surface area contributed by atoms with E-state index in [-0.39, 0.29) is 0 Å². The molecule has 0 saturated heterocycles. The number of aryl methyl sites for hydroxylation is 2. The van der Waals surface area contributed by atoms with Gasteiger partial charge in [0, 0.05) is 21.9 Å². The van der Waals surface area contributed by atoms with Crippen molar-refractivity contribution in [1.82, 2.24) is 4.57 Å². The summed E-state index contributed by atoms with van der Waals surface area (Å²) < 4.78 is 11.4. The predicted octanol–water partition coefficient (Wildman–Crippen LogP) is 10.8. The van der Waals surface area contributed by atoms with Gasteiger partial charge in [-0.3, -0.25) is 0 Å². The quantitative estimate of drug-likeness (QED) is 0.181. The zero-order valence-electron chi connectivity index (χ0n) is 26.4. The Balaban J connectivity index is 1.45. The highest BCUT2D eigenvalue weighted by Gasteiger charge is 2.30. The summed E-state index contributed by atoms with van der Waals surface area (Å²) in [6.07, 6.45) is 4.38. The highest BCUT2D eigenvalue weighted by molar-refractivity contribution is 6.15. The summed E-state index contributed by atoms with van der Waals surface area (Å²) >= 11 is 0. The molecule has 0 aliphatic rings. The minimum absolute atomic E-state index is 0.392. The molecule has 218 valence electrons. The SMILES string of the molecule is Cc1ccc2c(oc3cccc(-c4ccc(-c5ccccc5)cc4)c32)c1-c1n(-c2c(C(C)C)cccc2C(C)C)cc[n+]1C. The smallest absolute Gasteiger partial charge is 0.297 e. The second-order valence-electron chi connectivity index (χ2n) is 12.6. The molecule has 0 atom stereocenters. The van der Waals surface area contributed by atoms with Crippen molar-refractivity contribution in [3.05, 3.63) is 132 Å². The Morgan fingerprint density at radius 3 is 1.98 bits per heavy atom. The highest BCUT2D eigenvalue weighted by atomic mass is 16.3. The predicted molar refractivity (Wildman–Crippen MR) is 183 cm³/mol. The topological polar surface area (TPSA) is 21.9 Å². The van der Waals surface area contributed by atoms with Crippen molar-refractivity contribution in [2.45, 2.75) is 46.5 Å². The van der Waals surface area contributed by atoms with Crippen LogP contribution in [0.4, 0.5) is 0 Å². The molecule has 0 N–H and O–H groups in total.